The minimum absolute atomic E-state index is 0.883. The number of fused-ring (bicyclic) bond motifs is 4. The van der Waals surface area contributed by atoms with Crippen molar-refractivity contribution in [3.8, 4) is 44.5 Å². The van der Waals surface area contributed by atoms with E-state index in [1.54, 1.807) is 0 Å². The van der Waals surface area contributed by atoms with Gasteiger partial charge in [0.1, 0.15) is 11.2 Å². The van der Waals surface area contributed by atoms with Gasteiger partial charge in [0.05, 0.1) is 0 Å². The number of hydrogen-bond acceptors (Lipinski definition) is 2. The van der Waals surface area contributed by atoms with Crippen molar-refractivity contribution in [1.82, 2.24) is 0 Å². The SMILES string of the molecule is c1ccc(-c2ccc(-c3ccc(N(c4cccc(-c5cccc(-c6cccc7ccccc67)c5)c4)c4ccc5oc6ccccc6c5c4)cc3)cc2)cc1. The van der Waals surface area contributed by atoms with E-state index in [1.807, 2.05) is 12.1 Å². The van der Waals surface area contributed by atoms with E-state index in [4.69, 9.17) is 4.42 Å². The molecule has 2 heteroatoms. The van der Waals surface area contributed by atoms with Crippen molar-refractivity contribution in [2.24, 2.45) is 0 Å². The van der Waals surface area contributed by atoms with Gasteiger partial charge in [0.25, 0.3) is 0 Å². The van der Waals surface area contributed by atoms with Gasteiger partial charge in [-0.2, -0.15) is 0 Å². The van der Waals surface area contributed by atoms with E-state index < -0.39 is 0 Å². The molecule has 0 fully saturated rings. The maximum absolute atomic E-state index is 6.23. The number of rotatable bonds is 7. The second-order valence-electron chi connectivity index (χ2n) is 13.8. The molecular weight excluding hydrogens is 655 g/mol. The third-order valence-corrected chi connectivity index (χ3v) is 10.5. The van der Waals surface area contributed by atoms with Crippen LogP contribution in [0.25, 0.3) is 77.2 Å². The third-order valence-electron chi connectivity index (χ3n) is 10.5. The highest BCUT2D eigenvalue weighted by molar-refractivity contribution is 6.06. The predicted molar refractivity (Wildman–Crippen MR) is 228 cm³/mol. The van der Waals surface area contributed by atoms with Gasteiger partial charge < -0.3 is 9.32 Å². The van der Waals surface area contributed by atoms with Crippen LogP contribution in [0.4, 0.5) is 17.1 Å². The molecule has 0 aliphatic heterocycles. The van der Waals surface area contributed by atoms with Gasteiger partial charge >= 0.3 is 0 Å². The molecule has 0 N–H and O–H groups in total. The van der Waals surface area contributed by atoms with Crippen molar-refractivity contribution < 1.29 is 4.42 Å². The van der Waals surface area contributed by atoms with Gasteiger partial charge in [0.2, 0.25) is 0 Å². The molecule has 0 saturated heterocycles. The van der Waals surface area contributed by atoms with Crippen LogP contribution >= 0.6 is 0 Å². The summed E-state index contributed by atoms with van der Waals surface area (Å²) in [6.45, 7) is 0. The number of benzene rings is 9. The van der Waals surface area contributed by atoms with Gasteiger partial charge in [0, 0.05) is 27.8 Å². The fourth-order valence-electron chi connectivity index (χ4n) is 7.76. The molecule has 0 amide bonds. The van der Waals surface area contributed by atoms with Crippen LogP contribution in [-0.4, -0.2) is 0 Å². The van der Waals surface area contributed by atoms with E-state index in [0.29, 0.717) is 0 Å². The number of hydrogen-bond donors (Lipinski definition) is 0. The molecule has 0 bridgehead atoms. The van der Waals surface area contributed by atoms with Crippen LogP contribution in [0.5, 0.6) is 0 Å². The molecule has 0 atom stereocenters. The highest BCUT2D eigenvalue weighted by Gasteiger charge is 2.17. The van der Waals surface area contributed by atoms with E-state index >= 15 is 0 Å². The lowest BCUT2D eigenvalue weighted by atomic mass is 9.95. The second kappa shape index (κ2) is 13.4. The van der Waals surface area contributed by atoms with Crippen LogP contribution in [0.1, 0.15) is 0 Å². The Labute approximate surface area is 314 Å². The van der Waals surface area contributed by atoms with Crippen LogP contribution < -0.4 is 4.90 Å². The van der Waals surface area contributed by atoms with Gasteiger partial charge in [-0.1, -0.05) is 158 Å². The highest BCUT2D eigenvalue weighted by Crippen LogP contribution is 2.41. The smallest absolute Gasteiger partial charge is 0.135 e. The Balaban J connectivity index is 1.06. The Hall–Kier alpha value is -7.16. The molecule has 10 aromatic rings. The lowest BCUT2D eigenvalue weighted by molar-refractivity contribution is 0.669. The van der Waals surface area contributed by atoms with Crippen molar-refractivity contribution in [2.45, 2.75) is 0 Å². The molecule has 0 spiro atoms. The molecule has 0 aliphatic carbocycles. The number of anilines is 3. The fourth-order valence-corrected chi connectivity index (χ4v) is 7.76. The van der Waals surface area contributed by atoms with Crippen LogP contribution in [0.3, 0.4) is 0 Å². The van der Waals surface area contributed by atoms with Gasteiger partial charge in [-0.15, -0.1) is 0 Å². The molecule has 1 heterocycles. The summed E-state index contributed by atoms with van der Waals surface area (Å²) in [5.74, 6) is 0. The first-order chi connectivity index (χ1) is 26.7. The Morgan fingerprint density at radius 3 is 1.59 bits per heavy atom. The molecule has 254 valence electrons. The minimum atomic E-state index is 0.883. The zero-order chi connectivity index (χ0) is 35.8. The monoisotopic (exact) mass is 689 g/mol. The summed E-state index contributed by atoms with van der Waals surface area (Å²) in [4.78, 5) is 2.35. The van der Waals surface area contributed by atoms with Crippen molar-refractivity contribution >= 4 is 49.8 Å². The zero-order valence-electron chi connectivity index (χ0n) is 29.6. The Morgan fingerprint density at radius 2 is 0.796 bits per heavy atom. The molecule has 0 radical (unpaired) electrons. The van der Waals surface area contributed by atoms with Gasteiger partial charge in [-0.3, -0.25) is 0 Å². The third kappa shape index (κ3) is 5.81. The van der Waals surface area contributed by atoms with E-state index in [9.17, 15) is 0 Å². The average Bonchev–Trinajstić information content (AvgIpc) is 3.62. The fraction of sp³-hybridized carbons (Fsp3) is 0. The summed E-state index contributed by atoms with van der Waals surface area (Å²) < 4.78 is 6.23. The lowest BCUT2D eigenvalue weighted by Crippen LogP contribution is -2.10. The molecule has 0 saturated carbocycles. The summed E-state index contributed by atoms with van der Waals surface area (Å²) in [6.07, 6.45) is 0. The average molecular weight is 690 g/mol. The summed E-state index contributed by atoms with van der Waals surface area (Å²) in [5, 5.41) is 4.72. The maximum Gasteiger partial charge on any atom is 0.135 e. The molecule has 54 heavy (non-hydrogen) atoms. The van der Waals surface area contributed by atoms with Crippen LogP contribution in [0.15, 0.2) is 217 Å². The summed E-state index contributed by atoms with van der Waals surface area (Å²) in [7, 11) is 0. The minimum Gasteiger partial charge on any atom is -0.456 e. The summed E-state index contributed by atoms with van der Waals surface area (Å²) in [5.41, 5.74) is 14.6. The Morgan fingerprint density at radius 1 is 0.278 bits per heavy atom. The van der Waals surface area contributed by atoms with E-state index in [-0.39, 0.29) is 0 Å². The summed E-state index contributed by atoms with van der Waals surface area (Å²) >= 11 is 0. The standard InChI is InChI=1S/C52H35NO/c1-2-11-36(12-3-1)37-23-25-38(26-24-37)39-27-29-44(30-28-39)53(46-31-32-52-50(35-46)49-20-6-7-22-51(49)54-52)45-18-9-16-42(34-45)41-15-8-17-43(33-41)48-21-10-14-40-13-4-5-19-47(40)48/h1-35H. The number of furan rings is 1. The quantitative estimate of drug-likeness (QED) is 0.166. The topological polar surface area (TPSA) is 16.4 Å². The normalized spacial score (nSPS) is 11.3. The zero-order valence-corrected chi connectivity index (χ0v) is 29.6. The van der Waals surface area contributed by atoms with E-state index in [1.165, 1.54) is 49.7 Å². The first-order valence-electron chi connectivity index (χ1n) is 18.4. The van der Waals surface area contributed by atoms with Crippen LogP contribution in [0, 0.1) is 0 Å². The largest absolute Gasteiger partial charge is 0.456 e. The Bertz CT molecular complexity index is 2920. The van der Waals surface area contributed by atoms with Crippen molar-refractivity contribution in [3.63, 3.8) is 0 Å². The molecule has 0 unspecified atom stereocenters. The molecular formula is C52H35NO. The van der Waals surface area contributed by atoms with Crippen molar-refractivity contribution in [2.75, 3.05) is 4.90 Å². The van der Waals surface area contributed by atoms with Gasteiger partial charge in [0.15, 0.2) is 0 Å². The van der Waals surface area contributed by atoms with Gasteiger partial charge in [-0.05, 0) is 110 Å². The van der Waals surface area contributed by atoms with E-state index in [0.717, 1.165) is 44.6 Å². The van der Waals surface area contributed by atoms with Crippen molar-refractivity contribution in [1.29, 1.82) is 0 Å². The summed E-state index contributed by atoms with van der Waals surface area (Å²) in [6, 6.07) is 76.0. The second-order valence-corrected chi connectivity index (χ2v) is 13.8. The van der Waals surface area contributed by atoms with Crippen LogP contribution in [-0.2, 0) is 0 Å². The lowest BCUT2D eigenvalue weighted by Gasteiger charge is -2.26. The van der Waals surface area contributed by atoms with Crippen LogP contribution in [0.2, 0.25) is 0 Å². The number of para-hydroxylation sites is 1. The van der Waals surface area contributed by atoms with E-state index in [2.05, 4.69) is 205 Å². The molecule has 0 aliphatic rings. The predicted octanol–water partition coefficient (Wildman–Crippen LogP) is 14.9. The molecule has 1 aromatic heterocycles. The molecule has 2 nitrogen and oxygen atoms in total. The van der Waals surface area contributed by atoms with Crippen molar-refractivity contribution in [3.05, 3.63) is 212 Å². The highest BCUT2D eigenvalue weighted by atomic mass is 16.3. The molecule has 9 aromatic carbocycles. The first-order valence-corrected chi connectivity index (χ1v) is 18.4. The number of nitrogens with zero attached hydrogens (tertiary/aromatic N) is 1. The van der Waals surface area contributed by atoms with Gasteiger partial charge in [-0.25, -0.2) is 0 Å². The Kier molecular flexibility index (Phi) is 7.85. The maximum atomic E-state index is 6.23. The first kappa shape index (κ1) is 31.6. The molecule has 10 rings (SSSR count).